The second-order valence-corrected chi connectivity index (χ2v) is 6.73. The van der Waals surface area contributed by atoms with Crippen molar-refractivity contribution in [2.75, 3.05) is 93.3 Å². The van der Waals surface area contributed by atoms with Crippen LogP contribution in [0.15, 0.2) is 0 Å². The summed E-state index contributed by atoms with van der Waals surface area (Å²) in [7, 11) is 3.96. The summed E-state index contributed by atoms with van der Waals surface area (Å²) in [5.41, 5.74) is 0. The van der Waals surface area contributed by atoms with Crippen LogP contribution in [-0.2, 0) is 37.9 Å². The van der Waals surface area contributed by atoms with E-state index in [1.807, 2.05) is 14.1 Å². The van der Waals surface area contributed by atoms with Crippen molar-refractivity contribution in [3.63, 3.8) is 0 Å². The molecule has 0 aliphatic heterocycles. The summed E-state index contributed by atoms with van der Waals surface area (Å²) >= 11 is 0. The fraction of sp³-hybridized carbons (Fsp3) is 0.778. The molecule has 0 amide bonds. The van der Waals surface area contributed by atoms with E-state index in [1.54, 1.807) is 0 Å². The van der Waals surface area contributed by atoms with E-state index in [0.717, 1.165) is 0 Å². The van der Waals surface area contributed by atoms with Crippen LogP contribution in [0, 0.1) is 0 Å². The molecule has 0 fully saturated rings. The van der Waals surface area contributed by atoms with E-state index in [1.165, 1.54) is 0 Å². The zero-order valence-corrected chi connectivity index (χ0v) is 18.7. The summed E-state index contributed by atoms with van der Waals surface area (Å²) in [6, 6.07) is 0. The van der Waals surface area contributed by atoms with Crippen LogP contribution >= 0.6 is 0 Å². The number of nitrogens with zero attached hydrogens (tertiary/aromatic N) is 1. The van der Waals surface area contributed by atoms with Crippen LogP contribution in [0.1, 0.15) is 0 Å². The minimum atomic E-state index is -1.46. The second-order valence-electron chi connectivity index (χ2n) is 6.73. The van der Waals surface area contributed by atoms with E-state index in [-0.39, 0.29) is 52.9 Å². The van der Waals surface area contributed by atoms with Crippen LogP contribution in [0.25, 0.3) is 0 Å². The molecule has 0 aromatic carbocycles. The second kappa shape index (κ2) is 18.5. The first-order valence-electron chi connectivity index (χ1n) is 9.90. The lowest BCUT2D eigenvalue weighted by molar-refractivity contribution is -0.891. The van der Waals surface area contributed by atoms with Crippen molar-refractivity contribution >= 4 is 24.6 Å². The summed E-state index contributed by atoms with van der Waals surface area (Å²) < 4.78 is 38.4. The van der Waals surface area contributed by atoms with Gasteiger partial charge in [-0.15, -0.1) is 0 Å². The van der Waals surface area contributed by atoms with Gasteiger partial charge < -0.3 is 52.6 Å². The first kappa shape index (κ1) is 30.0. The molecule has 0 heterocycles. The van der Waals surface area contributed by atoms with Crippen molar-refractivity contribution in [1.82, 2.24) is 0 Å². The first-order valence-corrected chi connectivity index (χ1v) is 9.90. The van der Waals surface area contributed by atoms with Crippen LogP contribution in [0.5, 0.6) is 0 Å². The first-order chi connectivity index (χ1) is 15.6. The standard InChI is InChI=1S/C18H31NO14/c1-19(2,3-5-26-7-9-30-17(24)32-13-11-28-15(20)21)4-6-27-8-10-31-18(25)33-14-12-29-16(22)23/h3-14H2,1-2H3,(H-,20,21,22,23)/p+1. The van der Waals surface area contributed by atoms with Gasteiger partial charge in [0.1, 0.15) is 52.7 Å². The van der Waals surface area contributed by atoms with Crippen molar-refractivity contribution < 1.29 is 71.8 Å². The maximum Gasteiger partial charge on any atom is 0.508 e. The third kappa shape index (κ3) is 22.0. The highest BCUT2D eigenvalue weighted by atomic mass is 16.7. The number of rotatable bonds is 18. The SMILES string of the molecule is C[N+](C)(CCOCCOC(=O)OCCOC(=O)O)CCOCCOC(=O)OCCOC(=O)O. The summed E-state index contributed by atoms with van der Waals surface area (Å²) in [5.74, 6) is 0. The maximum atomic E-state index is 11.2. The lowest BCUT2D eigenvalue weighted by Gasteiger charge is -2.29. The van der Waals surface area contributed by atoms with Gasteiger partial charge in [0.15, 0.2) is 0 Å². The van der Waals surface area contributed by atoms with Gasteiger partial charge in [0.25, 0.3) is 0 Å². The summed E-state index contributed by atoms with van der Waals surface area (Å²) in [6.07, 6.45) is -4.79. The Kier molecular flexibility index (Phi) is 16.8. The van der Waals surface area contributed by atoms with Crippen molar-refractivity contribution in [3.8, 4) is 0 Å². The largest absolute Gasteiger partial charge is 0.508 e. The van der Waals surface area contributed by atoms with Crippen LogP contribution < -0.4 is 0 Å². The molecule has 2 N–H and O–H groups in total. The number of carbonyl (C=O) groups is 4. The molecule has 0 spiro atoms. The monoisotopic (exact) mass is 486 g/mol. The molecule has 0 rings (SSSR count). The molecule has 0 aromatic rings. The molecule has 0 atom stereocenters. The molecule has 0 bridgehead atoms. The third-order valence-corrected chi connectivity index (χ3v) is 3.63. The lowest BCUT2D eigenvalue weighted by Crippen LogP contribution is -2.44. The topological polar surface area (TPSA) is 183 Å². The highest BCUT2D eigenvalue weighted by Crippen LogP contribution is 1.98. The van der Waals surface area contributed by atoms with E-state index in [0.29, 0.717) is 30.8 Å². The molecule has 15 nitrogen and oxygen atoms in total. The number of hydrogen-bond donors (Lipinski definition) is 2. The normalized spacial score (nSPS) is 10.7. The van der Waals surface area contributed by atoms with Gasteiger partial charge in [0.05, 0.1) is 40.5 Å². The average molecular weight is 486 g/mol. The maximum absolute atomic E-state index is 11.2. The van der Waals surface area contributed by atoms with Crippen LogP contribution in [0.3, 0.4) is 0 Å². The Morgan fingerprint density at radius 2 is 0.818 bits per heavy atom. The van der Waals surface area contributed by atoms with Gasteiger partial charge >= 0.3 is 24.6 Å². The van der Waals surface area contributed by atoms with Crippen molar-refractivity contribution in [2.45, 2.75) is 0 Å². The minimum Gasteiger partial charge on any atom is -0.450 e. The van der Waals surface area contributed by atoms with Gasteiger partial charge in [-0.05, 0) is 0 Å². The Morgan fingerprint density at radius 1 is 0.515 bits per heavy atom. The molecule has 0 unspecified atom stereocenters. The molecule has 0 aliphatic carbocycles. The van der Waals surface area contributed by atoms with Crippen molar-refractivity contribution in [1.29, 1.82) is 0 Å². The minimum absolute atomic E-state index is 0.00974. The van der Waals surface area contributed by atoms with Crippen molar-refractivity contribution in [2.24, 2.45) is 0 Å². The predicted octanol–water partition coefficient (Wildman–Crippen LogP) is 0.792. The number of likely N-dealkylation sites (N-methyl/N-ethyl adjacent to an activating group) is 1. The van der Waals surface area contributed by atoms with Gasteiger partial charge in [-0.1, -0.05) is 0 Å². The Labute approximate surface area is 190 Å². The quantitative estimate of drug-likeness (QED) is 0.120. The molecule has 192 valence electrons. The highest BCUT2D eigenvalue weighted by molar-refractivity contribution is 5.60. The number of carbonyl (C=O) groups excluding carboxylic acids is 2. The Bertz CT molecular complexity index is 534. The smallest absolute Gasteiger partial charge is 0.450 e. The zero-order chi connectivity index (χ0) is 25.0. The van der Waals surface area contributed by atoms with Gasteiger partial charge in [0, 0.05) is 0 Å². The third-order valence-electron chi connectivity index (χ3n) is 3.63. The fourth-order valence-electron chi connectivity index (χ4n) is 1.90. The molecule has 0 aliphatic rings. The number of quaternary nitrogens is 1. The molecule has 0 saturated carbocycles. The summed E-state index contributed by atoms with van der Waals surface area (Å²) in [4.78, 5) is 42.6. The Morgan fingerprint density at radius 3 is 1.15 bits per heavy atom. The van der Waals surface area contributed by atoms with Crippen LogP contribution in [0.4, 0.5) is 19.2 Å². The van der Waals surface area contributed by atoms with E-state index < -0.39 is 24.6 Å². The lowest BCUT2D eigenvalue weighted by atomic mass is 10.4. The zero-order valence-electron chi connectivity index (χ0n) is 18.7. The van der Waals surface area contributed by atoms with Gasteiger partial charge in [0.2, 0.25) is 0 Å². The summed E-state index contributed by atoms with van der Waals surface area (Å²) in [5, 5.41) is 16.5. The van der Waals surface area contributed by atoms with Crippen molar-refractivity contribution in [3.05, 3.63) is 0 Å². The molecule has 33 heavy (non-hydrogen) atoms. The molecule has 0 aromatic heterocycles. The molecule has 0 radical (unpaired) electrons. The molecule has 15 heteroatoms. The summed E-state index contributed by atoms with van der Waals surface area (Å²) in [6.45, 7) is 1.47. The van der Waals surface area contributed by atoms with E-state index >= 15 is 0 Å². The predicted molar refractivity (Wildman–Crippen MR) is 106 cm³/mol. The number of ether oxygens (including phenoxy) is 8. The highest BCUT2D eigenvalue weighted by Gasteiger charge is 2.15. The van der Waals surface area contributed by atoms with E-state index in [4.69, 9.17) is 29.2 Å². The van der Waals surface area contributed by atoms with Gasteiger partial charge in [-0.2, -0.15) is 0 Å². The average Bonchev–Trinajstić information content (AvgIpc) is 2.73. The Balaban J connectivity index is 3.56. The fourth-order valence-corrected chi connectivity index (χ4v) is 1.90. The van der Waals surface area contributed by atoms with Gasteiger partial charge in [-0.3, -0.25) is 0 Å². The molecular formula is C18H32NO14+. The van der Waals surface area contributed by atoms with Gasteiger partial charge in [-0.25, -0.2) is 19.2 Å². The van der Waals surface area contributed by atoms with Crippen LogP contribution in [0.2, 0.25) is 0 Å². The number of carboxylic acid groups (broad SMARTS) is 2. The van der Waals surface area contributed by atoms with E-state index in [9.17, 15) is 19.2 Å². The molecular weight excluding hydrogens is 454 g/mol. The number of hydrogen-bond acceptors (Lipinski definition) is 12. The van der Waals surface area contributed by atoms with Crippen LogP contribution in [-0.4, -0.2) is 133 Å². The Hall–Kier alpha value is -3.04. The van der Waals surface area contributed by atoms with E-state index in [2.05, 4.69) is 18.9 Å². The molecule has 0 saturated heterocycles.